The molecule has 0 atom stereocenters. The molecule has 0 aliphatic rings. The molecule has 2 nitrogen and oxygen atoms in total. The Hall–Kier alpha value is -0.310. The molecule has 1 aromatic heterocycles. The number of rotatable bonds is 3. The number of hydrogen-bond donors (Lipinski definition) is 0. The number of carbonyl (C=O) groups excluding carboxylic acids is 1. The summed E-state index contributed by atoms with van der Waals surface area (Å²) in [6.07, 6.45) is 5.20. The molecular weight excluding hydrogens is 342 g/mol. The van der Waals surface area contributed by atoms with E-state index in [9.17, 15) is 4.79 Å². The lowest BCUT2D eigenvalue weighted by Crippen LogP contribution is -2.30. The van der Waals surface area contributed by atoms with Gasteiger partial charge in [-0.1, -0.05) is 5.92 Å². The number of thiophene rings is 1. The largest absolute Gasteiger partial charge is 0.327 e. The van der Waals surface area contributed by atoms with Gasteiger partial charge in [0, 0.05) is 11.0 Å². The third-order valence-corrected chi connectivity index (χ3v) is 5.05. The summed E-state index contributed by atoms with van der Waals surface area (Å²) >= 11 is 8.10. The Balaban J connectivity index is 2.88. The fraction of sp³-hybridized carbons (Fsp3) is 0.300. The summed E-state index contributed by atoms with van der Waals surface area (Å²) in [5.41, 5.74) is 0. The average molecular weight is 351 g/mol. The fourth-order valence-corrected chi connectivity index (χ4v) is 3.05. The molecule has 0 saturated heterocycles. The molecule has 0 N–H and O–H groups in total. The topological polar surface area (TPSA) is 20.3 Å². The van der Waals surface area contributed by atoms with E-state index in [0.717, 1.165) is 8.26 Å². The standard InChI is InChI=1S/C10H9Br2NOS/c1-3-5-13(4-2)10(14)8-6-7(11)9(12)15-8/h1,6H,4-5H2,2H3. The number of terminal acetylenes is 1. The predicted octanol–water partition coefficient (Wildman–Crippen LogP) is 3.37. The molecule has 0 unspecified atom stereocenters. The Bertz CT molecular complexity index is 389. The minimum absolute atomic E-state index is 0.0214. The Morgan fingerprint density at radius 2 is 2.33 bits per heavy atom. The van der Waals surface area contributed by atoms with Gasteiger partial charge in [-0.05, 0) is 44.8 Å². The lowest BCUT2D eigenvalue weighted by Gasteiger charge is -2.16. The second kappa shape index (κ2) is 5.69. The maximum Gasteiger partial charge on any atom is 0.264 e. The van der Waals surface area contributed by atoms with Gasteiger partial charge in [-0.3, -0.25) is 4.79 Å². The van der Waals surface area contributed by atoms with Gasteiger partial charge in [0.25, 0.3) is 5.91 Å². The quantitative estimate of drug-likeness (QED) is 0.765. The van der Waals surface area contributed by atoms with Crippen LogP contribution in [0.1, 0.15) is 16.6 Å². The van der Waals surface area contributed by atoms with Crippen LogP contribution < -0.4 is 0 Å². The Labute approximate surface area is 110 Å². The van der Waals surface area contributed by atoms with Crippen molar-refractivity contribution in [2.75, 3.05) is 13.1 Å². The highest BCUT2D eigenvalue weighted by molar-refractivity contribution is 9.13. The summed E-state index contributed by atoms with van der Waals surface area (Å²) in [7, 11) is 0. The van der Waals surface area contributed by atoms with Gasteiger partial charge in [-0.15, -0.1) is 17.8 Å². The molecule has 80 valence electrons. The van der Waals surface area contributed by atoms with Crippen molar-refractivity contribution >= 4 is 49.1 Å². The predicted molar refractivity (Wildman–Crippen MR) is 70.1 cm³/mol. The van der Waals surface area contributed by atoms with E-state index in [4.69, 9.17) is 6.42 Å². The molecule has 1 heterocycles. The first kappa shape index (κ1) is 12.8. The van der Waals surface area contributed by atoms with Gasteiger partial charge < -0.3 is 4.90 Å². The molecule has 1 amide bonds. The zero-order valence-corrected chi connectivity index (χ0v) is 12.1. The van der Waals surface area contributed by atoms with E-state index < -0.39 is 0 Å². The van der Waals surface area contributed by atoms with Crippen LogP contribution in [0.15, 0.2) is 14.3 Å². The normalized spacial score (nSPS) is 9.73. The van der Waals surface area contributed by atoms with E-state index in [2.05, 4.69) is 37.8 Å². The van der Waals surface area contributed by atoms with Gasteiger partial charge in [0.2, 0.25) is 0 Å². The molecule has 0 aliphatic carbocycles. The van der Waals surface area contributed by atoms with Gasteiger partial charge in [-0.2, -0.15) is 0 Å². The summed E-state index contributed by atoms with van der Waals surface area (Å²) in [4.78, 5) is 14.2. The van der Waals surface area contributed by atoms with E-state index in [-0.39, 0.29) is 5.91 Å². The van der Waals surface area contributed by atoms with Crippen molar-refractivity contribution in [2.45, 2.75) is 6.92 Å². The number of carbonyl (C=O) groups is 1. The highest BCUT2D eigenvalue weighted by atomic mass is 79.9. The van der Waals surface area contributed by atoms with E-state index in [1.165, 1.54) is 11.3 Å². The molecule has 0 radical (unpaired) electrons. The maximum atomic E-state index is 11.9. The van der Waals surface area contributed by atoms with E-state index in [0.29, 0.717) is 18.0 Å². The molecule has 0 bridgehead atoms. The molecule has 15 heavy (non-hydrogen) atoms. The van der Waals surface area contributed by atoms with Crippen LogP contribution in [0.25, 0.3) is 0 Å². The highest BCUT2D eigenvalue weighted by Crippen LogP contribution is 2.32. The first-order valence-electron chi connectivity index (χ1n) is 4.27. The third-order valence-electron chi connectivity index (χ3n) is 1.81. The van der Waals surface area contributed by atoms with E-state index in [1.807, 2.05) is 6.92 Å². The fourth-order valence-electron chi connectivity index (χ4n) is 1.05. The molecular formula is C10H9Br2NOS. The summed E-state index contributed by atoms with van der Waals surface area (Å²) in [5.74, 6) is 2.46. The van der Waals surface area contributed by atoms with Crippen molar-refractivity contribution in [3.05, 3.63) is 19.2 Å². The molecule has 5 heteroatoms. The third kappa shape index (κ3) is 3.07. The van der Waals surface area contributed by atoms with E-state index in [1.54, 1.807) is 11.0 Å². The summed E-state index contributed by atoms with van der Waals surface area (Å²) in [5, 5.41) is 0. The highest BCUT2D eigenvalue weighted by Gasteiger charge is 2.16. The lowest BCUT2D eigenvalue weighted by molar-refractivity contribution is 0.0789. The van der Waals surface area contributed by atoms with Crippen LogP contribution in [0, 0.1) is 12.3 Å². The van der Waals surface area contributed by atoms with Crippen LogP contribution in [0.3, 0.4) is 0 Å². The van der Waals surface area contributed by atoms with Crippen LogP contribution >= 0.6 is 43.2 Å². The molecule has 0 saturated carbocycles. The minimum atomic E-state index is -0.0214. The number of amides is 1. The molecule has 0 spiro atoms. The smallest absolute Gasteiger partial charge is 0.264 e. The van der Waals surface area contributed by atoms with Gasteiger partial charge >= 0.3 is 0 Å². The Morgan fingerprint density at radius 3 is 2.73 bits per heavy atom. The molecule has 0 fully saturated rings. The van der Waals surface area contributed by atoms with Gasteiger partial charge in [0.1, 0.15) is 0 Å². The monoisotopic (exact) mass is 349 g/mol. The molecule has 1 aromatic rings. The number of halogens is 2. The van der Waals surface area contributed by atoms with Crippen LogP contribution in [-0.4, -0.2) is 23.9 Å². The first-order chi connectivity index (χ1) is 7.10. The van der Waals surface area contributed by atoms with Crippen molar-refractivity contribution in [2.24, 2.45) is 0 Å². The van der Waals surface area contributed by atoms with Gasteiger partial charge in [0.05, 0.1) is 15.2 Å². The van der Waals surface area contributed by atoms with Crippen LogP contribution in [0.4, 0.5) is 0 Å². The van der Waals surface area contributed by atoms with Gasteiger partial charge in [-0.25, -0.2) is 0 Å². The summed E-state index contributed by atoms with van der Waals surface area (Å²) < 4.78 is 1.82. The van der Waals surface area contributed by atoms with Crippen molar-refractivity contribution in [3.63, 3.8) is 0 Å². The summed E-state index contributed by atoms with van der Waals surface area (Å²) in [6, 6.07) is 1.80. The zero-order valence-electron chi connectivity index (χ0n) is 8.09. The minimum Gasteiger partial charge on any atom is -0.327 e. The lowest BCUT2D eigenvalue weighted by atomic mass is 10.4. The zero-order chi connectivity index (χ0) is 11.4. The average Bonchev–Trinajstić information content (AvgIpc) is 2.55. The SMILES string of the molecule is C#CCN(CC)C(=O)c1cc(Br)c(Br)s1. The number of hydrogen-bond acceptors (Lipinski definition) is 2. The van der Waals surface area contributed by atoms with Crippen molar-refractivity contribution < 1.29 is 4.79 Å². The van der Waals surface area contributed by atoms with Crippen LogP contribution in [0.2, 0.25) is 0 Å². The molecule has 1 rings (SSSR count). The van der Waals surface area contributed by atoms with Crippen LogP contribution in [-0.2, 0) is 0 Å². The Morgan fingerprint density at radius 1 is 1.67 bits per heavy atom. The number of nitrogens with zero attached hydrogens (tertiary/aromatic N) is 1. The van der Waals surface area contributed by atoms with E-state index >= 15 is 0 Å². The Kier molecular flexibility index (Phi) is 4.84. The maximum absolute atomic E-state index is 11.9. The van der Waals surface area contributed by atoms with Crippen LogP contribution in [0.5, 0.6) is 0 Å². The molecule has 0 aliphatic heterocycles. The first-order valence-corrected chi connectivity index (χ1v) is 6.68. The second-order valence-corrected chi connectivity index (χ2v) is 5.98. The van der Waals surface area contributed by atoms with Crippen molar-refractivity contribution in [3.8, 4) is 12.3 Å². The van der Waals surface area contributed by atoms with Gasteiger partial charge in [0.15, 0.2) is 0 Å². The summed E-state index contributed by atoms with van der Waals surface area (Å²) in [6.45, 7) is 2.88. The van der Waals surface area contributed by atoms with Crippen molar-refractivity contribution in [1.82, 2.24) is 4.90 Å². The second-order valence-electron chi connectivity index (χ2n) is 2.76. The van der Waals surface area contributed by atoms with Crippen molar-refractivity contribution in [1.29, 1.82) is 0 Å². The molecule has 0 aromatic carbocycles.